The summed E-state index contributed by atoms with van der Waals surface area (Å²) in [5.41, 5.74) is 4.14. The first kappa shape index (κ1) is 42.4. The van der Waals surface area contributed by atoms with Crippen molar-refractivity contribution in [1.82, 2.24) is 4.90 Å². The summed E-state index contributed by atoms with van der Waals surface area (Å²) in [6.07, 6.45) is 14.4. The van der Waals surface area contributed by atoms with Crippen molar-refractivity contribution in [3.05, 3.63) is 71.3 Å². The molecule has 4 fully saturated rings. The lowest BCUT2D eigenvalue weighted by Crippen LogP contribution is -2.49. The molecule has 53 heavy (non-hydrogen) atoms. The Kier molecular flexibility index (Phi) is 12.2. The molecule has 0 radical (unpaired) electrons. The number of nitrogens with zero attached hydrogens (tertiary/aromatic N) is 1. The van der Waals surface area contributed by atoms with Crippen molar-refractivity contribution in [3.63, 3.8) is 0 Å². The van der Waals surface area contributed by atoms with E-state index < -0.39 is 22.2 Å². The zero-order chi connectivity index (χ0) is 39.4. The van der Waals surface area contributed by atoms with Gasteiger partial charge >= 0.3 is 0 Å². The number of rotatable bonds is 10. The Morgan fingerprint density at radius 3 is 2.23 bits per heavy atom. The largest absolute Gasteiger partial charge is 0.413 e. The second-order valence-corrected chi connectivity index (χ2v) is 30.6. The Balaban J connectivity index is 1.36. The van der Waals surface area contributed by atoms with Gasteiger partial charge < -0.3 is 18.9 Å². The van der Waals surface area contributed by atoms with Crippen LogP contribution in [-0.2, 0) is 20.2 Å². The Morgan fingerprint density at radius 2 is 1.60 bits per heavy atom. The third kappa shape index (κ3) is 8.95. The highest BCUT2D eigenvalue weighted by molar-refractivity contribution is 6.74. The molecule has 5 nitrogen and oxygen atoms in total. The molecule has 0 spiro atoms. The van der Waals surface area contributed by atoms with Crippen LogP contribution in [0.4, 0.5) is 0 Å². The first-order valence-electron chi connectivity index (χ1n) is 20.9. The summed E-state index contributed by atoms with van der Waals surface area (Å²) >= 11 is 0. The zero-order valence-corrected chi connectivity index (χ0v) is 37.9. The van der Waals surface area contributed by atoms with Crippen LogP contribution in [0.2, 0.25) is 36.3 Å². The first-order valence-corrected chi connectivity index (χ1v) is 26.7. The van der Waals surface area contributed by atoms with Gasteiger partial charge in [-0.3, -0.25) is 4.79 Å². The standard InChI is InChI=1S/C46H75NO4Si2/c1-32(27-37-30-46(10,49)42(48)47(37)31-34-19-16-15-17-20-34)39-24-25-40-35(21-18-26-45(39,40)9)22-23-36-28-38(50-52(11,12)43(3,4)5)29-41(33(36)2)51-53(13,14)44(6,7)8/h15-17,19-20,22-23,32,37-41,49H,2,18,21,24-31H2,1,3-14H3/b35-22+,36-23-/t32-,37?,38-,39-,40+,41+,45-,46?/m1/s1. The van der Waals surface area contributed by atoms with Gasteiger partial charge in [-0.05, 0) is 128 Å². The van der Waals surface area contributed by atoms with E-state index in [0.717, 1.165) is 36.8 Å². The minimum absolute atomic E-state index is 0.0119. The summed E-state index contributed by atoms with van der Waals surface area (Å²) in [4.78, 5) is 15.4. The van der Waals surface area contributed by atoms with Gasteiger partial charge in [0.25, 0.3) is 5.91 Å². The third-order valence-electron chi connectivity index (χ3n) is 15.1. The molecule has 3 saturated carbocycles. The molecule has 1 aromatic rings. The van der Waals surface area contributed by atoms with Gasteiger partial charge in [-0.15, -0.1) is 0 Å². The molecule has 1 saturated heterocycles. The molecule has 2 unspecified atom stereocenters. The molecule has 0 bridgehead atoms. The smallest absolute Gasteiger partial charge is 0.254 e. The van der Waals surface area contributed by atoms with E-state index in [1.807, 2.05) is 23.1 Å². The van der Waals surface area contributed by atoms with E-state index in [0.29, 0.717) is 30.7 Å². The summed E-state index contributed by atoms with van der Waals surface area (Å²) in [6, 6.07) is 10.3. The van der Waals surface area contributed by atoms with Gasteiger partial charge in [-0.2, -0.15) is 0 Å². The van der Waals surface area contributed by atoms with E-state index in [-0.39, 0.29) is 39.6 Å². The fourth-order valence-electron chi connectivity index (χ4n) is 9.90. The number of aliphatic hydroxyl groups is 1. The predicted molar refractivity (Wildman–Crippen MR) is 227 cm³/mol. The lowest BCUT2D eigenvalue weighted by molar-refractivity contribution is -0.142. The van der Waals surface area contributed by atoms with E-state index in [4.69, 9.17) is 15.4 Å². The molecule has 1 amide bonds. The molecular weight excluding hydrogens is 687 g/mol. The van der Waals surface area contributed by atoms with E-state index in [2.05, 4.69) is 106 Å². The van der Waals surface area contributed by atoms with Crippen molar-refractivity contribution in [1.29, 1.82) is 0 Å². The van der Waals surface area contributed by atoms with Gasteiger partial charge in [0.1, 0.15) is 5.60 Å². The lowest BCUT2D eigenvalue weighted by Gasteiger charge is -2.46. The topological polar surface area (TPSA) is 59.0 Å². The Morgan fingerprint density at radius 1 is 0.981 bits per heavy atom. The highest BCUT2D eigenvalue weighted by Crippen LogP contribution is 2.60. The fourth-order valence-corrected chi connectivity index (χ4v) is 12.6. The minimum atomic E-state index is -2.02. The number of carbonyl (C=O) groups is 1. The highest BCUT2D eigenvalue weighted by atomic mass is 28.4. The molecule has 3 aliphatic carbocycles. The Hall–Kier alpha value is -1.78. The van der Waals surface area contributed by atoms with Crippen molar-refractivity contribution in [2.24, 2.45) is 23.2 Å². The summed E-state index contributed by atoms with van der Waals surface area (Å²) in [7, 11) is -4.00. The van der Waals surface area contributed by atoms with Crippen LogP contribution in [0.25, 0.3) is 0 Å². The van der Waals surface area contributed by atoms with Crippen molar-refractivity contribution in [3.8, 4) is 0 Å². The van der Waals surface area contributed by atoms with Gasteiger partial charge in [0.15, 0.2) is 16.6 Å². The molecule has 1 heterocycles. The van der Waals surface area contributed by atoms with Crippen LogP contribution in [-0.4, -0.2) is 56.4 Å². The maximum absolute atomic E-state index is 13.4. The Bertz CT molecular complexity index is 1550. The molecule has 7 heteroatoms. The SMILES string of the molecule is C=C1/C(=C\C=C2/CCC[C@]3(C)[C@@H]([C@H](C)CC4CC(C)(O)C(=O)N4Cc4ccccc4)CC[C@@H]23)C[C@@H](O[Si](C)(C)C(C)(C)C)C[C@@H]1O[Si](C)(C)C(C)(C)C. The predicted octanol–water partition coefficient (Wildman–Crippen LogP) is 11.8. The van der Waals surface area contributed by atoms with Crippen LogP contribution >= 0.6 is 0 Å². The number of hydrogen-bond acceptors (Lipinski definition) is 4. The zero-order valence-electron chi connectivity index (χ0n) is 35.9. The number of fused-ring (bicyclic) bond motifs is 1. The van der Waals surface area contributed by atoms with Crippen molar-refractivity contribution in [2.75, 3.05) is 0 Å². The van der Waals surface area contributed by atoms with Crippen molar-refractivity contribution < 1.29 is 18.8 Å². The average molecular weight is 762 g/mol. The van der Waals surface area contributed by atoms with Gasteiger partial charge in [-0.1, -0.05) is 110 Å². The summed E-state index contributed by atoms with van der Waals surface area (Å²) in [5, 5.41) is 11.4. The number of benzene rings is 1. The van der Waals surface area contributed by atoms with E-state index >= 15 is 0 Å². The number of likely N-dealkylation sites (tertiary alicyclic amines) is 1. The monoisotopic (exact) mass is 762 g/mol. The second kappa shape index (κ2) is 15.3. The number of allylic oxidation sites excluding steroid dienone is 3. The fraction of sp³-hybridized carbons (Fsp3) is 0.717. The molecule has 5 rings (SSSR count). The van der Waals surface area contributed by atoms with Gasteiger partial charge in [0.2, 0.25) is 0 Å². The van der Waals surface area contributed by atoms with Crippen LogP contribution in [0.5, 0.6) is 0 Å². The van der Waals surface area contributed by atoms with Crippen molar-refractivity contribution in [2.45, 2.75) is 187 Å². The van der Waals surface area contributed by atoms with Gasteiger partial charge in [0.05, 0.1) is 12.2 Å². The van der Waals surface area contributed by atoms with Crippen molar-refractivity contribution >= 4 is 22.5 Å². The van der Waals surface area contributed by atoms with Gasteiger partial charge in [-0.25, -0.2) is 0 Å². The van der Waals surface area contributed by atoms with E-state index in [1.165, 1.54) is 31.3 Å². The second-order valence-electron chi connectivity index (χ2n) is 21.1. The van der Waals surface area contributed by atoms with Crippen LogP contribution in [0.3, 0.4) is 0 Å². The average Bonchev–Trinajstić information content (AvgIpc) is 3.49. The molecule has 1 aliphatic heterocycles. The molecule has 1 aromatic carbocycles. The molecule has 4 aliphatic rings. The van der Waals surface area contributed by atoms with Gasteiger partial charge in [0, 0.05) is 25.4 Å². The number of amides is 1. The van der Waals surface area contributed by atoms with Crippen LogP contribution in [0, 0.1) is 23.2 Å². The maximum atomic E-state index is 13.4. The first-order chi connectivity index (χ1) is 24.4. The van der Waals surface area contributed by atoms with E-state index in [9.17, 15) is 9.90 Å². The lowest BCUT2D eigenvalue weighted by atomic mass is 9.60. The summed E-state index contributed by atoms with van der Waals surface area (Å²) in [6.45, 7) is 35.4. The van der Waals surface area contributed by atoms with E-state index in [1.54, 1.807) is 12.5 Å². The molecule has 296 valence electrons. The van der Waals surface area contributed by atoms with Crippen LogP contribution in [0.15, 0.2) is 65.8 Å². The maximum Gasteiger partial charge on any atom is 0.254 e. The Labute approximate surface area is 326 Å². The minimum Gasteiger partial charge on any atom is -0.413 e. The van der Waals surface area contributed by atoms with Crippen LogP contribution in [0.1, 0.15) is 126 Å². The normalized spacial score (nSPS) is 33.9. The molecule has 8 atom stereocenters. The number of carbonyl (C=O) groups excluding carboxylic acids is 1. The third-order valence-corrected chi connectivity index (χ3v) is 24.1. The number of hydrogen-bond donors (Lipinski definition) is 1. The molecule has 0 aromatic heterocycles. The highest BCUT2D eigenvalue weighted by Gasteiger charge is 2.53. The summed E-state index contributed by atoms with van der Waals surface area (Å²) in [5.74, 6) is 1.51. The quantitative estimate of drug-likeness (QED) is 0.241. The molecule has 1 N–H and O–H groups in total. The summed E-state index contributed by atoms with van der Waals surface area (Å²) < 4.78 is 14.2. The van der Waals surface area contributed by atoms with Crippen LogP contribution < -0.4 is 0 Å². The molecular formula is C46H75NO4Si2.